The number of halogens is 1. The Kier molecular flexibility index (Phi) is 5.86. The van der Waals surface area contributed by atoms with Gasteiger partial charge in [-0.3, -0.25) is 4.79 Å². The Bertz CT molecular complexity index is 919. The lowest BCUT2D eigenvalue weighted by molar-refractivity contribution is 0.0946. The molecule has 27 heavy (non-hydrogen) atoms. The van der Waals surface area contributed by atoms with E-state index in [2.05, 4.69) is 10.4 Å². The molecule has 1 aromatic heterocycles. The van der Waals surface area contributed by atoms with Gasteiger partial charge in [0.05, 0.1) is 29.7 Å². The second kappa shape index (κ2) is 8.49. The molecule has 0 saturated carbocycles. The van der Waals surface area contributed by atoms with Crippen molar-refractivity contribution in [3.8, 4) is 11.4 Å². The summed E-state index contributed by atoms with van der Waals surface area (Å²) in [6.45, 7) is 4.72. The third-order valence-corrected chi connectivity index (χ3v) is 4.17. The summed E-state index contributed by atoms with van der Waals surface area (Å²) in [5.41, 5.74) is 3.13. The van der Waals surface area contributed by atoms with Gasteiger partial charge >= 0.3 is 0 Å². The summed E-state index contributed by atoms with van der Waals surface area (Å²) in [5.74, 6) is 0.270. The van der Waals surface area contributed by atoms with Crippen LogP contribution in [-0.4, -0.2) is 28.8 Å². The van der Waals surface area contributed by atoms with E-state index < -0.39 is 0 Å². The van der Waals surface area contributed by atoms with Gasteiger partial charge in [-0.25, -0.2) is 9.07 Å². The third kappa shape index (κ3) is 4.53. The van der Waals surface area contributed by atoms with Crippen molar-refractivity contribution in [2.45, 2.75) is 20.3 Å². The van der Waals surface area contributed by atoms with E-state index >= 15 is 0 Å². The molecule has 0 atom stereocenters. The van der Waals surface area contributed by atoms with Crippen molar-refractivity contribution in [3.63, 3.8) is 0 Å². The zero-order chi connectivity index (χ0) is 19.2. The van der Waals surface area contributed by atoms with Crippen LogP contribution in [0.4, 0.5) is 4.39 Å². The Morgan fingerprint density at radius 2 is 2.00 bits per heavy atom. The van der Waals surface area contributed by atoms with Gasteiger partial charge in [-0.2, -0.15) is 5.10 Å². The number of hydrogen-bond donors (Lipinski definition) is 1. The molecule has 6 heteroatoms. The maximum absolute atomic E-state index is 13.1. The maximum atomic E-state index is 13.1. The van der Waals surface area contributed by atoms with E-state index in [9.17, 15) is 9.18 Å². The van der Waals surface area contributed by atoms with Crippen molar-refractivity contribution < 1.29 is 13.9 Å². The first kappa shape index (κ1) is 18.6. The predicted molar refractivity (Wildman–Crippen MR) is 102 cm³/mol. The number of nitrogens with one attached hydrogen (secondary N) is 1. The van der Waals surface area contributed by atoms with Gasteiger partial charge in [-0.05, 0) is 55.3 Å². The van der Waals surface area contributed by atoms with Crippen LogP contribution >= 0.6 is 0 Å². The van der Waals surface area contributed by atoms with E-state index in [4.69, 9.17) is 4.74 Å². The zero-order valence-corrected chi connectivity index (χ0v) is 15.4. The van der Waals surface area contributed by atoms with E-state index in [1.165, 1.54) is 12.1 Å². The molecule has 0 bridgehead atoms. The summed E-state index contributed by atoms with van der Waals surface area (Å²) in [6, 6.07) is 13.8. The summed E-state index contributed by atoms with van der Waals surface area (Å²) in [5, 5.41) is 7.15. The maximum Gasteiger partial charge on any atom is 0.254 e. The topological polar surface area (TPSA) is 56.1 Å². The van der Waals surface area contributed by atoms with Gasteiger partial charge < -0.3 is 10.1 Å². The van der Waals surface area contributed by atoms with Crippen molar-refractivity contribution in [1.82, 2.24) is 15.1 Å². The van der Waals surface area contributed by atoms with Crippen LogP contribution in [0.15, 0.2) is 54.7 Å². The normalized spacial score (nSPS) is 10.6. The molecule has 2 aromatic carbocycles. The lowest BCUT2D eigenvalue weighted by Crippen LogP contribution is -2.28. The Morgan fingerprint density at radius 3 is 2.70 bits per heavy atom. The van der Waals surface area contributed by atoms with Crippen LogP contribution in [-0.2, 0) is 6.42 Å². The largest absolute Gasteiger partial charge is 0.492 e. The average Bonchev–Trinajstić information content (AvgIpc) is 3.10. The molecule has 140 valence electrons. The first-order chi connectivity index (χ1) is 13.1. The van der Waals surface area contributed by atoms with Gasteiger partial charge in [0.1, 0.15) is 18.2 Å². The van der Waals surface area contributed by atoms with Crippen LogP contribution in [0, 0.1) is 12.7 Å². The van der Waals surface area contributed by atoms with Crippen molar-refractivity contribution in [1.29, 1.82) is 0 Å². The smallest absolute Gasteiger partial charge is 0.254 e. The van der Waals surface area contributed by atoms with E-state index in [0.717, 1.165) is 22.7 Å². The highest BCUT2D eigenvalue weighted by atomic mass is 19.1. The molecule has 0 aliphatic rings. The minimum absolute atomic E-state index is 0.201. The zero-order valence-electron chi connectivity index (χ0n) is 15.4. The first-order valence-electron chi connectivity index (χ1n) is 8.89. The monoisotopic (exact) mass is 367 g/mol. The molecule has 3 rings (SSSR count). The Balaban J connectivity index is 1.62. The quantitative estimate of drug-likeness (QED) is 0.648. The van der Waals surface area contributed by atoms with Crippen LogP contribution in [0.2, 0.25) is 0 Å². The highest BCUT2D eigenvalue weighted by molar-refractivity contribution is 5.95. The Morgan fingerprint density at radius 1 is 1.22 bits per heavy atom. The molecule has 0 spiro atoms. The van der Waals surface area contributed by atoms with Crippen LogP contribution in [0.5, 0.6) is 5.75 Å². The third-order valence-electron chi connectivity index (χ3n) is 4.17. The summed E-state index contributed by atoms with van der Waals surface area (Å²) in [4.78, 5) is 12.5. The van der Waals surface area contributed by atoms with E-state index in [1.54, 1.807) is 23.0 Å². The van der Waals surface area contributed by atoms with E-state index in [1.807, 2.05) is 38.1 Å². The SMILES string of the molecule is CCc1c(C(=O)NCCOc2cccc(C)c2)cnn1-c1ccc(F)cc1. The van der Waals surface area contributed by atoms with Crippen LogP contribution in [0.1, 0.15) is 28.5 Å². The number of benzene rings is 2. The van der Waals surface area contributed by atoms with Crippen LogP contribution in [0.3, 0.4) is 0 Å². The molecular weight excluding hydrogens is 345 g/mol. The second-order valence-electron chi connectivity index (χ2n) is 6.17. The highest BCUT2D eigenvalue weighted by Gasteiger charge is 2.16. The fourth-order valence-corrected chi connectivity index (χ4v) is 2.84. The molecule has 1 N–H and O–H groups in total. The van der Waals surface area contributed by atoms with Gasteiger partial charge in [0.15, 0.2) is 0 Å². The molecule has 1 heterocycles. The number of nitrogens with zero attached hydrogens (tertiary/aromatic N) is 2. The first-order valence-corrected chi connectivity index (χ1v) is 8.89. The number of amides is 1. The minimum Gasteiger partial charge on any atom is -0.492 e. The van der Waals surface area contributed by atoms with E-state index in [0.29, 0.717) is 25.1 Å². The highest BCUT2D eigenvalue weighted by Crippen LogP contribution is 2.16. The summed E-state index contributed by atoms with van der Waals surface area (Å²) < 4.78 is 20.4. The fraction of sp³-hybridized carbons (Fsp3) is 0.238. The molecule has 0 unspecified atom stereocenters. The molecule has 5 nitrogen and oxygen atoms in total. The molecule has 0 saturated heterocycles. The van der Waals surface area contributed by atoms with Crippen molar-refractivity contribution >= 4 is 5.91 Å². The summed E-state index contributed by atoms with van der Waals surface area (Å²) >= 11 is 0. The predicted octanol–water partition coefficient (Wildman–Crippen LogP) is 3.69. The number of aryl methyl sites for hydroxylation is 1. The number of hydrogen-bond acceptors (Lipinski definition) is 3. The van der Waals surface area contributed by atoms with E-state index in [-0.39, 0.29) is 11.7 Å². The van der Waals surface area contributed by atoms with Gasteiger partial charge in [0, 0.05) is 0 Å². The van der Waals surface area contributed by atoms with Gasteiger partial charge in [0.25, 0.3) is 5.91 Å². The number of rotatable bonds is 7. The molecule has 0 aliphatic heterocycles. The lowest BCUT2D eigenvalue weighted by atomic mass is 10.2. The molecule has 3 aromatic rings. The van der Waals surface area contributed by atoms with Crippen LogP contribution in [0.25, 0.3) is 5.69 Å². The van der Waals surface area contributed by atoms with Gasteiger partial charge in [-0.15, -0.1) is 0 Å². The van der Waals surface area contributed by atoms with Crippen molar-refractivity contribution in [2.75, 3.05) is 13.2 Å². The summed E-state index contributed by atoms with van der Waals surface area (Å²) in [7, 11) is 0. The van der Waals surface area contributed by atoms with Crippen LogP contribution < -0.4 is 10.1 Å². The number of ether oxygens (including phenoxy) is 1. The number of aromatic nitrogens is 2. The van der Waals surface area contributed by atoms with Gasteiger partial charge in [0.2, 0.25) is 0 Å². The average molecular weight is 367 g/mol. The summed E-state index contributed by atoms with van der Waals surface area (Å²) in [6.07, 6.45) is 2.17. The molecule has 0 aliphatic carbocycles. The van der Waals surface area contributed by atoms with Crippen molar-refractivity contribution in [3.05, 3.63) is 77.4 Å². The molecular formula is C21H22FN3O2. The number of carbonyl (C=O) groups is 1. The standard InChI is InChI=1S/C21H22FN3O2/c1-3-20-19(14-24-25(20)17-9-7-16(22)8-10-17)21(26)23-11-12-27-18-6-4-5-15(2)13-18/h4-10,13-14H,3,11-12H2,1-2H3,(H,23,26). The lowest BCUT2D eigenvalue weighted by Gasteiger charge is -2.10. The fourth-order valence-electron chi connectivity index (χ4n) is 2.84. The van der Waals surface area contributed by atoms with Crippen molar-refractivity contribution in [2.24, 2.45) is 0 Å². The number of carbonyl (C=O) groups excluding carboxylic acids is 1. The molecule has 0 radical (unpaired) electrons. The molecule has 0 fully saturated rings. The Labute approximate surface area is 157 Å². The van der Waals surface area contributed by atoms with Gasteiger partial charge in [-0.1, -0.05) is 19.1 Å². The second-order valence-corrected chi connectivity index (χ2v) is 6.17. The Hall–Kier alpha value is -3.15. The minimum atomic E-state index is -0.310. The molecule has 1 amide bonds.